The van der Waals surface area contributed by atoms with Crippen molar-refractivity contribution >= 4 is 5.91 Å². The molecule has 1 N–H and O–H groups in total. The number of likely N-dealkylation sites (tertiary alicyclic amines) is 1. The van der Waals surface area contributed by atoms with Gasteiger partial charge in [-0.1, -0.05) is 17.7 Å². The molecule has 0 radical (unpaired) electrons. The van der Waals surface area contributed by atoms with E-state index in [1.165, 1.54) is 0 Å². The van der Waals surface area contributed by atoms with Crippen molar-refractivity contribution in [2.75, 3.05) is 26.2 Å². The van der Waals surface area contributed by atoms with Crippen molar-refractivity contribution in [3.8, 4) is 0 Å². The molecular weight excluding hydrogens is 236 g/mol. The molecule has 2 atom stereocenters. The summed E-state index contributed by atoms with van der Waals surface area (Å²) in [5.74, 6) is 1.75. The Balaban J connectivity index is 1.70. The minimum absolute atomic E-state index is 0.205. The molecule has 19 heavy (non-hydrogen) atoms. The number of rotatable bonds is 1. The van der Waals surface area contributed by atoms with Gasteiger partial charge in [0.1, 0.15) is 0 Å². The molecule has 1 aromatic carbocycles. The second kappa shape index (κ2) is 5.33. The average molecular weight is 258 g/mol. The van der Waals surface area contributed by atoms with E-state index < -0.39 is 0 Å². The number of carbonyl (C=O) groups excluding carboxylic acids is 1. The zero-order valence-electron chi connectivity index (χ0n) is 11.6. The fourth-order valence-electron chi connectivity index (χ4n) is 3.38. The average Bonchev–Trinajstić information content (AvgIpc) is 2.77. The van der Waals surface area contributed by atoms with Gasteiger partial charge in [0.05, 0.1) is 0 Å². The second-order valence-electron chi connectivity index (χ2n) is 5.92. The van der Waals surface area contributed by atoms with E-state index in [-0.39, 0.29) is 5.91 Å². The number of nitrogens with one attached hydrogen (secondary N) is 1. The first-order valence-electron chi connectivity index (χ1n) is 7.30. The van der Waals surface area contributed by atoms with Gasteiger partial charge in [0, 0.05) is 18.7 Å². The Kier molecular flexibility index (Phi) is 3.56. The predicted octanol–water partition coefficient (Wildman–Crippen LogP) is 2.07. The highest BCUT2D eigenvalue weighted by atomic mass is 16.2. The van der Waals surface area contributed by atoms with Gasteiger partial charge in [-0.3, -0.25) is 4.79 Å². The summed E-state index contributed by atoms with van der Waals surface area (Å²) >= 11 is 0. The molecule has 0 bridgehead atoms. The van der Waals surface area contributed by atoms with Gasteiger partial charge in [-0.15, -0.1) is 0 Å². The first-order chi connectivity index (χ1) is 9.24. The molecule has 3 heteroatoms. The second-order valence-corrected chi connectivity index (χ2v) is 5.92. The number of benzene rings is 1. The monoisotopic (exact) mass is 258 g/mol. The molecule has 3 nitrogen and oxygen atoms in total. The van der Waals surface area contributed by atoms with Crippen LogP contribution >= 0.6 is 0 Å². The molecule has 1 aromatic rings. The standard InChI is InChI=1S/C16H22N2O/c1-12-3-2-4-13(9-12)16(19)18-7-5-14-10-17-11-15(14)6-8-18/h2-4,9,14-15,17H,5-8,10-11H2,1H3/t14-,15+. The summed E-state index contributed by atoms with van der Waals surface area (Å²) in [5, 5.41) is 3.47. The highest BCUT2D eigenvalue weighted by molar-refractivity contribution is 5.94. The molecule has 2 aliphatic heterocycles. The van der Waals surface area contributed by atoms with Crippen LogP contribution in [0.2, 0.25) is 0 Å². The third kappa shape index (κ3) is 2.66. The summed E-state index contributed by atoms with van der Waals surface area (Å²) < 4.78 is 0. The van der Waals surface area contributed by atoms with Gasteiger partial charge >= 0.3 is 0 Å². The Hall–Kier alpha value is -1.35. The number of aryl methyl sites for hydroxylation is 1. The van der Waals surface area contributed by atoms with Crippen LogP contribution in [-0.2, 0) is 0 Å². The van der Waals surface area contributed by atoms with E-state index in [1.54, 1.807) is 0 Å². The molecule has 102 valence electrons. The van der Waals surface area contributed by atoms with Crippen LogP contribution in [0.15, 0.2) is 24.3 Å². The van der Waals surface area contributed by atoms with Gasteiger partial charge in [0.25, 0.3) is 5.91 Å². The largest absolute Gasteiger partial charge is 0.339 e. The first kappa shape index (κ1) is 12.7. The summed E-state index contributed by atoms with van der Waals surface area (Å²) in [6.07, 6.45) is 2.30. The molecule has 0 aliphatic carbocycles. The normalized spacial score (nSPS) is 26.9. The Morgan fingerprint density at radius 3 is 2.53 bits per heavy atom. The van der Waals surface area contributed by atoms with Crippen LogP contribution in [0.4, 0.5) is 0 Å². The molecule has 3 rings (SSSR count). The maximum atomic E-state index is 12.5. The van der Waals surface area contributed by atoms with Crippen molar-refractivity contribution in [3.05, 3.63) is 35.4 Å². The summed E-state index contributed by atoms with van der Waals surface area (Å²) in [7, 11) is 0. The minimum Gasteiger partial charge on any atom is -0.339 e. The number of hydrogen-bond donors (Lipinski definition) is 1. The molecule has 0 unspecified atom stereocenters. The van der Waals surface area contributed by atoms with E-state index in [0.29, 0.717) is 0 Å². The van der Waals surface area contributed by atoms with Gasteiger partial charge in [0.15, 0.2) is 0 Å². The SMILES string of the molecule is Cc1cccc(C(=O)N2CC[C@@H]3CNC[C@@H]3CC2)c1. The highest BCUT2D eigenvalue weighted by Gasteiger charge is 2.31. The maximum absolute atomic E-state index is 12.5. The quantitative estimate of drug-likeness (QED) is 0.836. The lowest BCUT2D eigenvalue weighted by Gasteiger charge is -2.21. The lowest BCUT2D eigenvalue weighted by atomic mass is 9.92. The van der Waals surface area contributed by atoms with Gasteiger partial charge < -0.3 is 10.2 Å². The van der Waals surface area contributed by atoms with E-state index in [4.69, 9.17) is 0 Å². The van der Waals surface area contributed by atoms with Crippen molar-refractivity contribution in [3.63, 3.8) is 0 Å². The van der Waals surface area contributed by atoms with Crippen LogP contribution in [0.5, 0.6) is 0 Å². The molecule has 2 aliphatic rings. The van der Waals surface area contributed by atoms with E-state index >= 15 is 0 Å². The zero-order valence-corrected chi connectivity index (χ0v) is 11.6. The fourth-order valence-corrected chi connectivity index (χ4v) is 3.38. The van der Waals surface area contributed by atoms with Gasteiger partial charge in [-0.25, -0.2) is 0 Å². The maximum Gasteiger partial charge on any atom is 0.253 e. The fraction of sp³-hybridized carbons (Fsp3) is 0.562. The number of carbonyl (C=O) groups is 1. The van der Waals surface area contributed by atoms with Crippen molar-refractivity contribution in [1.82, 2.24) is 10.2 Å². The smallest absolute Gasteiger partial charge is 0.253 e. The Labute approximate surface area is 115 Å². The Morgan fingerprint density at radius 1 is 1.21 bits per heavy atom. The third-order valence-corrected chi connectivity index (χ3v) is 4.57. The topological polar surface area (TPSA) is 32.3 Å². The number of hydrogen-bond acceptors (Lipinski definition) is 2. The zero-order chi connectivity index (χ0) is 13.2. The van der Waals surface area contributed by atoms with Crippen LogP contribution in [0.25, 0.3) is 0 Å². The summed E-state index contributed by atoms with van der Waals surface area (Å²) in [6.45, 7) is 6.13. The van der Waals surface area contributed by atoms with Crippen molar-refractivity contribution < 1.29 is 4.79 Å². The van der Waals surface area contributed by atoms with Gasteiger partial charge in [0.2, 0.25) is 0 Å². The lowest BCUT2D eigenvalue weighted by molar-refractivity contribution is 0.0758. The summed E-state index contributed by atoms with van der Waals surface area (Å²) in [5.41, 5.74) is 1.99. The lowest BCUT2D eigenvalue weighted by Crippen LogP contribution is -2.32. The van der Waals surface area contributed by atoms with E-state index in [1.807, 2.05) is 36.1 Å². The molecule has 2 saturated heterocycles. The van der Waals surface area contributed by atoms with Gasteiger partial charge in [-0.05, 0) is 56.8 Å². The number of nitrogens with zero attached hydrogens (tertiary/aromatic N) is 1. The molecule has 1 amide bonds. The minimum atomic E-state index is 0.205. The van der Waals surface area contributed by atoms with Crippen molar-refractivity contribution in [2.45, 2.75) is 19.8 Å². The number of fused-ring (bicyclic) bond motifs is 1. The van der Waals surface area contributed by atoms with Crippen LogP contribution in [-0.4, -0.2) is 37.0 Å². The third-order valence-electron chi connectivity index (χ3n) is 4.57. The molecular formula is C16H22N2O. The van der Waals surface area contributed by atoms with Crippen LogP contribution in [0, 0.1) is 18.8 Å². The molecule has 0 saturated carbocycles. The van der Waals surface area contributed by atoms with Crippen LogP contribution in [0.3, 0.4) is 0 Å². The Bertz CT molecular complexity index is 458. The van der Waals surface area contributed by atoms with E-state index in [9.17, 15) is 4.79 Å². The Morgan fingerprint density at radius 2 is 1.89 bits per heavy atom. The van der Waals surface area contributed by atoms with Crippen molar-refractivity contribution in [2.24, 2.45) is 11.8 Å². The molecule has 0 aromatic heterocycles. The van der Waals surface area contributed by atoms with Crippen molar-refractivity contribution in [1.29, 1.82) is 0 Å². The van der Waals surface area contributed by atoms with Gasteiger partial charge in [-0.2, -0.15) is 0 Å². The van der Waals surface area contributed by atoms with Crippen LogP contribution in [0.1, 0.15) is 28.8 Å². The molecule has 0 spiro atoms. The summed E-state index contributed by atoms with van der Waals surface area (Å²) in [6, 6.07) is 7.94. The summed E-state index contributed by atoms with van der Waals surface area (Å²) in [4.78, 5) is 14.6. The first-order valence-corrected chi connectivity index (χ1v) is 7.30. The number of amides is 1. The predicted molar refractivity (Wildman–Crippen MR) is 76.2 cm³/mol. The van der Waals surface area contributed by atoms with Crippen LogP contribution < -0.4 is 5.32 Å². The highest BCUT2D eigenvalue weighted by Crippen LogP contribution is 2.27. The molecule has 2 heterocycles. The van der Waals surface area contributed by atoms with E-state index in [0.717, 1.165) is 62.0 Å². The molecule has 2 fully saturated rings. The van der Waals surface area contributed by atoms with E-state index in [2.05, 4.69) is 5.32 Å².